The molecule has 4 heterocycles. The molecule has 83 heavy (non-hydrogen) atoms. The van der Waals surface area contributed by atoms with Crippen LogP contribution < -0.4 is 92.4 Å². The number of anilines is 4. The molecule has 0 aliphatic heterocycles. The molecule has 0 fully saturated rings. The van der Waals surface area contributed by atoms with Gasteiger partial charge in [0.05, 0.1) is 81.6 Å². The maximum absolute atomic E-state index is 9.26. The number of ether oxygens (including phenoxy) is 6. The Morgan fingerprint density at radius 3 is 1.12 bits per heavy atom. The number of hydrogen-bond donors (Lipinski definition) is 3. The first-order valence-electron chi connectivity index (χ1n) is 20.7. The Kier molecular flexibility index (Phi) is 48.5. The predicted octanol–water partition coefficient (Wildman–Crippen LogP) is 7.10. The van der Waals surface area contributed by atoms with Gasteiger partial charge in [0.15, 0.2) is 23.0 Å². The fourth-order valence-electron chi connectivity index (χ4n) is 4.96. The standard InChI is InChI=1S/C11H12N4OS.2C9H8N4OS.C8H5ClN4O.C6H6N2O2.C3H2N2.C2H4OS.CH3Br.K/c1-13-8-9(16-4)7(6-12)11(17-5)14-10(8)15(2)3;2*1-12-6-7(14-2)5(4-10)9(15-3)13-8(6)11;1-12-5-6(14-2)4(3-10)7(9)13-8(5)11;1-8-5(4-7)6(9-2)10-3;1-5-3-2-4;1-2(3)4;1-2;/h2-5H3;2*2-3H3,(H2,11,13);2H3,(H2,11,13);2-3H3;3H2;1H3,(H,3,4);1H3;/q;;;;;;;;+1/p-1. The minimum absolute atomic E-state index is 0. The van der Waals surface area contributed by atoms with E-state index in [2.05, 4.69) is 87.0 Å². The summed E-state index contributed by atoms with van der Waals surface area (Å²) < 4.78 is 29.2. The third-order valence-corrected chi connectivity index (χ3v) is 10.4. The van der Waals surface area contributed by atoms with Crippen LogP contribution in [-0.4, -0.2) is 113 Å². The molecule has 4 rings (SSSR count). The summed E-state index contributed by atoms with van der Waals surface area (Å²) in [6.07, 6.45) is 5.39. The van der Waals surface area contributed by atoms with Crippen molar-refractivity contribution in [1.82, 2.24) is 19.9 Å². The van der Waals surface area contributed by atoms with Gasteiger partial charge in [-0.1, -0.05) is 27.5 Å². The van der Waals surface area contributed by atoms with Crippen molar-refractivity contribution in [3.63, 3.8) is 0 Å². The minimum atomic E-state index is -0.250. The van der Waals surface area contributed by atoms with Gasteiger partial charge in [-0.05, 0) is 31.5 Å². The molecule has 6 N–H and O–H groups in total. The van der Waals surface area contributed by atoms with Crippen LogP contribution in [0.5, 0.6) is 23.0 Å². The molecule has 0 spiro atoms. The number of nitrogens with two attached hydrogens (primary N) is 3. The third kappa shape index (κ3) is 26.4. The summed E-state index contributed by atoms with van der Waals surface area (Å²) >= 11 is 16.5. The number of alkyl halides is 1. The van der Waals surface area contributed by atoms with Gasteiger partial charge in [0.1, 0.15) is 96.1 Å². The van der Waals surface area contributed by atoms with Crippen molar-refractivity contribution in [2.45, 2.75) is 22.0 Å². The van der Waals surface area contributed by atoms with Crippen molar-refractivity contribution in [2.24, 2.45) is 0 Å². The Labute approximate surface area is 556 Å². The maximum Gasteiger partial charge on any atom is 1.00 e. The van der Waals surface area contributed by atoms with Gasteiger partial charge in [-0.2, -0.15) is 26.3 Å². The molecule has 4 aromatic heterocycles. The largest absolute Gasteiger partial charge is 1.00 e. The molecule has 0 bridgehead atoms. The Morgan fingerprint density at radius 1 is 0.614 bits per heavy atom. The fraction of sp³-hybridized carbons (Fsp3) is 0.286. The molecule has 0 saturated heterocycles. The van der Waals surface area contributed by atoms with E-state index in [-0.39, 0.29) is 154 Å². The van der Waals surface area contributed by atoms with Crippen LogP contribution in [0, 0.1) is 107 Å². The van der Waals surface area contributed by atoms with Crippen LogP contribution in [0.3, 0.4) is 0 Å². The van der Waals surface area contributed by atoms with Gasteiger partial charge in [0, 0.05) is 19.2 Å². The van der Waals surface area contributed by atoms with E-state index >= 15 is 0 Å². The molecule has 0 saturated carbocycles. The molecule has 0 atom stereocenters. The van der Waals surface area contributed by atoms with E-state index in [0.717, 1.165) is 0 Å². The summed E-state index contributed by atoms with van der Waals surface area (Å²) in [5.41, 5.74) is 17.7. The molecule has 0 aliphatic rings. The van der Waals surface area contributed by atoms with E-state index < -0.39 is 0 Å². The number of halogens is 2. The van der Waals surface area contributed by atoms with E-state index in [1.807, 2.05) is 30.3 Å². The van der Waals surface area contributed by atoms with E-state index in [0.29, 0.717) is 32.2 Å². The van der Waals surface area contributed by atoms with Crippen molar-refractivity contribution in [3.05, 3.63) is 108 Å². The van der Waals surface area contributed by atoms with Gasteiger partial charge in [0.25, 0.3) is 35.2 Å². The number of thioether (sulfide) groups is 3. The second-order valence-corrected chi connectivity index (χ2v) is 16.1. The first-order valence-corrected chi connectivity index (χ1v) is 26.8. The summed E-state index contributed by atoms with van der Waals surface area (Å²) in [5.74, 6) is 3.18. The van der Waals surface area contributed by atoms with E-state index in [1.165, 1.54) is 84.9 Å². The van der Waals surface area contributed by atoms with Crippen molar-refractivity contribution in [1.29, 1.82) is 31.6 Å². The zero-order valence-corrected chi connectivity index (χ0v) is 55.5. The number of nitrogen functional groups attached to an aromatic ring is 3. The van der Waals surface area contributed by atoms with E-state index in [1.54, 1.807) is 49.7 Å². The number of methoxy groups -OCH3 is 6. The smallest absolute Gasteiger partial charge is 0.742 e. The molecule has 0 amide bonds. The number of pyridine rings is 4. The summed E-state index contributed by atoms with van der Waals surface area (Å²) in [6.45, 7) is 41.7. The first kappa shape index (κ1) is 83.4. The van der Waals surface area contributed by atoms with Crippen LogP contribution in [0.25, 0.3) is 29.1 Å². The van der Waals surface area contributed by atoms with Crippen LogP contribution in [0.15, 0.2) is 26.7 Å². The van der Waals surface area contributed by atoms with Crippen LogP contribution in [0.4, 0.5) is 46.0 Å². The quantitative estimate of drug-likeness (QED) is 0.0164. The second-order valence-electron chi connectivity index (χ2n) is 12.8. The number of rotatable bonds is 10. The molecule has 27 nitrogen and oxygen atoms in total. The third-order valence-electron chi connectivity index (χ3n) is 8.07. The maximum atomic E-state index is 9.26. The van der Waals surface area contributed by atoms with Crippen LogP contribution in [-0.2, 0) is 26.9 Å². The number of allylic oxidation sites excluding steroid dienone is 1. The van der Waals surface area contributed by atoms with Gasteiger partial charge in [-0.15, -0.1) is 35.3 Å². The predicted molar refractivity (Wildman–Crippen MR) is 318 cm³/mol. The SMILES string of the molecule is CBr.CC(=O)[S-].[C-]#[N+]C(C#N)=C(OC)OC.[C-]#[N+]CC#N.[C-]#[N+]c1c(N(C)C)nc(SC)c(C#N)c1OC.[C-]#[N+]c1c(N)nc(Cl)c(C#N)c1OC.[C-]#[N+]c1c(N)nc(SC)c(C#N)c1OC.[C-]#[N+]c1c(N)nc(SC)c(C#N)c1OC.[K+]. The zero-order valence-electron chi connectivity index (χ0n) is 46.8. The molecular weight excluding hydrogens is 1260 g/mol. The van der Waals surface area contributed by atoms with Crippen LogP contribution >= 0.6 is 62.8 Å². The zero-order chi connectivity index (χ0) is 64.2. The number of nitriles is 6. The molecule has 0 aromatic carbocycles. The van der Waals surface area contributed by atoms with Gasteiger partial charge < -0.3 is 72.8 Å². The number of aromatic nitrogens is 4. The molecule has 4 aromatic rings. The Hall–Kier alpha value is -8.43. The molecule has 0 radical (unpaired) electrons. The first-order chi connectivity index (χ1) is 39.1. The Balaban J connectivity index is -0.000000293. The van der Waals surface area contributed by atoms with Gasteiger partial charge in [0.2, 0.25) is 0 Å². The minimum Gasteiger partial charge on any atom is -0.742 e. The normalized spacial score (nSPS) is 8.13. The van der Waals surface area contributed by atoms with Gasteiger partial charge in [-0.25, -0.2) is 56.0 Å². The molecular formula is C49H47BrClKN20O7S4. The van der Waals surface area contributed by atoms with Gasteiger partial charge >= 0.3 is 57.1 Å². The van der Waals surface area contributed by atoms with Crippen LogP contribution in [0.2, 0.25) is 5.15 Å². The molecule has 0 unspecified atom stereocenters. The second kappa shape index (κ2) is 48.3. The number of nitrogens with zero attached hydrogens (tertiary/aromatic N) is 17. The Bertz CT molecular complexity index is 3280. The van der Waals surface area contributed by atoms with Crippen molar-refractivity contribution >= 4 is 127 Å². The number of carbonyl (C=O) groups is 1. The molecule has 424 valence electrons. The summed E-state index contributed by atoms with van der Waals surface area (Å²) in [6, 6.07) is 11.0. The monoisotopic (exact) mass is 1310 g/mol. The summed E-state index contributed by atoms with van der Waals surface area (Å²) in [5, 5.41) is 52.8. The topological polar surface area (TPSA) is 374 Å². The average Bonchev–Trinajstić information content (AvgIpc) is 3.53. The molecule has 0 aliphatic carbocycles. The van der Waals surface area contributed by atoms with E-state index in [9.17, 15) is 4.79 Å². The van der Waals surface area contributed by atoms with Crippen LogP contribution in [0.1, 0.15) is 29.2 Å². The average molecular weight is 1310 g/mol. The number of hydrogen-bond acceptors (Lipinski definition) is 25. The van der Waals surface area contributed by atoms with Gasteiger partial charge in [-0.3, -0.25) is 0 Å². The van der Waals surface area contributed by atoms with Crippen molar-refractivity contribution < 1.29 is 84.6 Å². The van der Waals surface area contributed by atoms with E-state index in [4.69, 9.17) is 119 Å². The molecule has 34 heteroatoms. The fourth-order valence-corrected chi connectivity index (χ4v) is 6.76. The number of carbonyl (C=O) groups excluding carboxylic acids is 1. The summed E-state index contributed by atoms with van der Waals surface area (Å²) in [7, 11) is 11.8. The van der Waals surface area contributed by atoms with Crippen molar-refractivity contribution in [3.8, 4) is 59.4 Å². The van der Waals surface area contributed by atoms with Crippen molar-refractivity contribution in [2.75, 3.05) is 110 Å². The summed E-state index contributed by atoms with van der Waals surface area (Å²) in [4.78, 5) is 45.4. The Morgan fingerprint density at radius 2 is 0.916 bits per heavy atom.